The van der Waals surface area contributed by atoms with Crippen molar-refractivity contribution < 1.29 is 4.79 Å². The van der Waals surface area contributed by atoms with Crippen molar-refractivity contribution in [1.82, 2.24) is 15.8 Å². The maximum Gasteiger partial charge on any atom is 0.245 e. The molecule has 0 bridgehead atoms. The third kappa shape index (κ3) is 3.32. The minimum absolute atomic E-state index is 0.0278. The molecule has 1 aliphatic rings. The molecule has 1 fully saturated rings. The van der Waals surface area contributed by atoms with Crippen molar-refractivity contribution in [3.63, 3.8) is 0 Å². The van der Waals surface area contributed by atoms with Gasteiger partial charge in [0.1, 0.15) is 0 Å². The Labute approximate surface area is 91.7 Å². The van der Waals surface area contributed by atoms with E-state index < -0.39 is 0 Å². The van der Waals surface area contributed by atoms with Crippen LogP contribution in [0.1, 0.15) is 25.7 Å². The standard InChI is InChI=1S/C11H21N3O/c1-4-11(15)14(3)10-7-5-9(6-8-10)13-12-2/h4,9-10,12-13H,1,5-8H2,2-3H3. The minimum atomic E-state index is 0.0278. The van der Waals surface area contributed by atoms with Crippen molar-refractivity contribution in [2.75, 3.05) is 14.1 Å². The quantitative estimate of drug-likeness (QED) is 0.530. The first-order valence-electron chi connectivity index (χ1n) is 5.50. The molecular weight excluding hydrogens is 190 g/mol. The number of carbonyl (C=O) groups is 1. The highest BCUT2D eigenvalue weighted by Gasteiger charge is 2.24. The molecule has 1 saturated carbocycles. The Hall–Kier alpha value is -0.870. The van der Waals surface area contributed by atoms with Crippen LogP contribution in [0.15, 0.2) is 12.7 Å². The number of nitrogens with zero attached hydrogens (tertiary/aromatic N) is 1. The van der Waals surface area contributed by atoms with Crippen LogP contribution in [0, 0.1) is 0 Å². The van der Waals surface area contributed by atoms with Crippen LogP contribution in [0.2, 0.25) is 0 Å². The van der Waals surface area contributed by atoms with Crippen LogP contribution >= 0.6 is 0 Å². The number of likely N-dealkylation sites (N-methyl/N-ethyl adjacent to an activating group) is 1. The van der Waals surface area contributed by atoms with Crippen LogP contribution in [0.3, 0.4) is 0 Å². The maximum absolute atomic E-state index is 11.4. The van der Waals surface area contributed by atoms with E-state index in [0.717, 1.165) is 25.7 Å². The summed E-state index contributed by atoms with van der Waals surface area (Å²) in [4.78, 5) is 13.2. The molecule has 15 heavy (non-hydrogen) atoms. The van der Waals surface area contributed by atoms with Gasteiger partial charge in [-0.05, 0) is 38.8 Å². The molecule has 0 aromatic carbocycles. The lowest BCUT2D eigenvalue weighted by Crippen LogP contribution is -2.45. The summed E-state index contributed by atoms with van der Waals surface area (Å²) < 4.78 is 0. The summed E-state index contributed by atoms with van der Waals surface area (Å²) >= 11 is 0. The van der Waals surface area contributed by atoms with Crippen molar-refractivity contribution in [2.45, 2.75) is 37.8 Å². The van der Waals surface area contributed by atoms with E-state index in [-0.39, 0.29) is 5.91 Å². The minimum Gasteiger partial charge on any atom is -0.339 e. The zero-order valence-electron chi connectivity index (χ0n) is 9.62. The monoisotopic (exact) mass is 211 g/mol. The molecule has 0 unspecified atom stereocenters. The van der Waals surface area contributed by atoms with Gasteiger partial charge in [0, 0.05) is 19.1 Å². The molecule has 0 heterocycles. The Balaban J connectivity index is 2.36. The lowest BCUT2D eigenvalue weighted by molar-refractivity contribution is -0.127. The fraction of sp³-hybridized carbons (Fsp3) is 0.727. The Bertz CT molecular complexity index is 222. The number of amides is 1. The highest BCUT2D eigenvalue weighted by Crippen LogP contribution is 2.22. The summed E-state index contributed by atoms with van der Waals surface area (Å²) in [6.07, 6.45) is 5.74. The third-order valence-corrected chi connectivity index (χ3v) is 3.12. The number of hydrogen-bond acceptors (Lipinski definition) is 3. The summed E-state index contributed by atoms with van der Waals surface area (Å²) in [6.45, 7) is 3.51. The van der Waals surface area contributed by atoms with Gasteiger partial charge in [-0.15, -0.1) is 0 Å². The Morgan fingerprint density at radius 1 is 1.40 bits per heavy atom. The lowest BCUT2D eigenvalue weighted by Gasteiger charge is -2.34. The van der Waals surface area contributed by atoms with Crippen molar-refractivity contribution in [3.8, 4) is 0 Å². The topological polar surface area (TPSA) is 44.4 Å². The van der Waals surface area contributed by atoms with E-state index in [4.69, 9.17) is 0 Å². The van der Waals surface area contributed by atoms with E-state index in [1.165, 1.54) is 6.08 Å². The largest absolute Gasteiger partial charge is 0.339 e. The highest BCUT2D eigenvalue weighted by molar-refractivity contribution is 5.87. The van der Waals surface area contributed by atoms with Crippen LogP contribution in [0.25, 0.3) is 0 Å². The van der Waals surface area contributed by atoms with Gasteiger partial charge in [0.05, 0.1) is 0 Å². The molecule has 0 aromatic heterocycles. The predicted molar refractivity (Wildman–Crippen MR) is 61.2 cm³/mol. The Morgan fingerprint density at radius 2 is 2.00 bits per heavy atom. The van der Waals surface area contributed by atoms with E-state index in [9.17, 15) is 4.79 Å². The average Bonchev–Trinajstić information content (AvgIpc) is 2.28. The SMILES string of the molecule is C=CC(=O)N(C)C1CCC(NNC)CC1. The van der Waals surface area contributed by atoms with Gasteiger partial charge in [-0.25, -0.2) is 0 Å². The zero-order chi connectivity index (χ0) is 11.3. The molecule has 0 aromatic rings. The number of hydrazine groups is 1. The van der Waals surface area contributed by atoms with Crippen LogP contribution in [-0.2, 0) is 4.79 Å². The first-order valence-corrected chi connectivity index (χ1v) is 5.50. The van der Waals surface area contributed by atoms with Crippen molar-refractivity contribution in [2.24, 2.45) is 0 Å². The zero-order valence-corrected chi connectivity index (χ0v) is 9.62. The summed E-state index contributed by atoms with van der Waals surface area (Å²) in [6, 6.07) is 0.920. The molecule has 0 spiro atoms. The molecule has 4 heteroatoms. The average molecular weight is 211 g/mol. The third-order valence-electron chi connectivity index (χ3n) is 3.12. The van der Waals surface area contributed by atoms with Crippen molar-refractivity contribution >= 4 is 5.91 Å². The Kier molecular flexibility index (Phi) is 4.78. The fourth-order valence-electron chi connectivity index (χ4n) is 2.14. The molecule has 4 nitrogen and oxygen atoms in total. The molecule has 2 N–H and O–H groups in total. The molecule has 86 valence electrons. The number of rotatable bonds is 4. The van der Waals surface area contributed by atoms with Crippen molar-refractivity contribution in [3.05, 3.63) is 12.7 Å². The summed E-state index contributed by atoms with van der Waals surface area (Å²) in [7, 11) is 3.75. The van der Waals surface area contributed by atoms with E-state index in [1.54, 1.807) is 0 Å². The Morgan fingerprint density at radius 3 is 2.47 bits per heavy atom. The maximum atomic E-state index is 11.4. The van der Waals surface area contributed by atoms with E-state index in [2.05, 4.69) is 17.4 Å². The molecule has 0 atom stereocenters. The summed E-state index contributed by atoms with van der Waals surface area (Å²) in [5.41, 5.74) is 6.18. The summed E-state index contributed by atoms with van der Waals surface area (Å²) in [5, 5.41) is 0. The molecule has 1 rings (SSSR count). The predicted octanol–water partition coefficient (Wildman–Crippen LogP) is 0.666. The van der Waals surface area contributed by atoms with Gasteiger partial charge in [0.15, 0.2) is 0 Å². The van der Waals surface area contributed by atoms with Crippen LogP contribution in [-0.4, -0.2) is 37.0 Å². The van der Waals surface area contributed by atoms with Gasteiger partial charge in [-0.1, -0.05) is 6.58 Å². The first-order chi connectivity index (χ1) is 7.19. The van der Waals surface area contributed by atoms with Gasteiger partial charge in [0.25, 0.3) is 0 Å². The number of hydrogen-bond donors (Lipinski definition) is 2. The second kappa shape index (κ2) is 5.88. The normalized spacial score (nSPS) is 26.0. The fourth-order valence-corrected chi connectivity index (χ4v) is 2.14. The molecule has 1 amide bonds. The van der Waals surface area contributed by atoms with Crippen LogP contribution in [0.4, 0.5) is 0 Å². The van der Waals surface area contributed by atoms with Gasteiger partial charge in [-0.3, -0.25) is 15.6 Å². The highest BCUT2D eigenvalue weighted by atomic mass is 16.2. The smallest absolute Gasteiger partial charge is 0.245 e. The van der Waals surface area contributed by atoms with Gasteiger partial charge in [-0.2, -0.15) is 0 Å². The number of nitrogens with one attached hydrogen (secondary N) is 2. The second-order valence-corrected chi connectivity index (χ2v) is 4.05. The lowest BCUT2D eigenvalue weighted by atomic mass is 9.90. The summed E-state index contributed by atoms with van der Waals surface area (Å²) in [5.74, 6) is 0.0278. The van der Waals surface area contributed by atoms with Crippen molar-refractivity contribution in [1.29, 1.82) is 0 Å². The van der Waals surface area contributed by atoms with Gasteiger partial charge in [0.2, 0.25) is 5.91 Å². The molecule has 1 aliphatic carbocycles. The van der Waals surface area contributed by atoms with Crippen LogP contribution < -0.4 is 10.9 Å². The molecule has 0 saturated heterocycles. The molecule has 0 radical (unpaired) electrons. The molecule has 0 aliphatic heterocycles. The van der Waals surface area contributed by atoms with E-state index in [0.29, 0.717) is 12.1 Å². The van der Waals surface area contributed by atoms with Gasteiger partial charge < -0.3 is 4.90 Å². The van der Waals surface area contributed by atoms with E-state index >= 15 is 0 Å². The number of carbonyl (C=O) groups excluding carboxylic acids is 1. The second-order valence-electron chi connectivity index (χ2n) is 4.05. The van der Waals surface area contributed by atoms with Gasteiger partial charge >= 0.3 is 0 Å². The first kappa shape index (κ1) is 12.2. The van der Waals surface area contributed by atoms with E-state index in [1.807, 2.05) is 19.0 Å². The van der Waals surface area contributed by atoms with Crippen LogP contribution in [0.5, 0.6) is 0 Å². The molecular formula is C11H21N3O.